The van der Waals surface area contributed by atoms with Gasteiger partial charge in [-0.3, -0.25) is 14.5 Å². The van der Waals surface area contributed by atoms with Crippen LogP contribution in [0.25, 0.3) is 6.08 Å². The second-order valence-corrected chi connectivity index (χ2v) is 8.90. The number of benzene rings is 2. The molecule has 3 rings (SSSR count). The van der Waals surface area contributed by atoms with E-state index in [0.29, 0.717) is 11.4 Å². The average Bonchev–Trinajstić information content (AvgIpc) is 2.74. The summed E-state index contributed by atoms with van der Waals surface area (Å²) in [6.07, 6.45) is 1.87. The molecule has 0 unspecified atom stereocenters. The molecule has 0 fully saturated rings. The van der Waals surface area contributed by atoms with Crippen LogP contribution in [-0.2, 0) is 9.59 Å². The number of hydrogen-bond acceptors (Lipinski definition) is 4. The molecule has 0 radical (unpaired) electrons. The van der Waals surface area contributed by atoms with Gasteiger partial charge in [0.15, 0.2) is 0 Å². The van der Waals surface area contributed by atoms with Gasteiger partial charge in [0, 0.05) is 22.5 Å². The Hall–Kier alpha value is -2.09. The molecule has 158 valence electrons. The van der Waals surface area contributed by atoms with Crippen molar-refractivity contribution < 1.29 is 9.59 Å². The third-order valence-corrected chi connectivity index (χ3v) is 6.50. The van der Waals surface area contributed by atoms with E-state index in [1.807, 2.05) is 54.6 Å². The van der Waals surface area contributed by atoms with Crippen molar-refractivity contribution in [3.05, 3.63) is 63.5 Å². The lowest BCUT2D eigenvalue weighted by Gasteiger charge is -2.30. The van der Waals surface area contributed by atoms with Crippen molar-refractivity contribution in [2.24, 2.45) is 0 Å². The Morgan fingerprint density at radius 1 is 1.17 bits per heavy atom. The fourth-order valence-electron chi connectivity index (χ4n) is 3.26. The molecule has 0 bridgehead atoms. The maximum Gasteiger partial charge on any atom is 0.265 e. The quantitative estimate of drug-likeness (QED) is 0.561. The maximum atomic E-state index is 13.2. The van der Waals surface area contributed by atoms with Gasteiger partial charge in [-0.2, -0.15) is 0 Å². The molecule has 0 atom stereocenters. The first-order valence-electron chi connectivity index (χ1n) is 10.1. The topological polar surface area (TPSA) is 52.7 Å². The largest absolute Gasteiger partial charge is 0.353 e. The summed E-state index contributed by atoms with van der Waals surface area (Å²) in [5.74, 6) is -0.309. The van der Waals surface area contributed by atoms with Crippen LogP contribution in [0.5, 0.6) is 0 Å². The molecule has 1 aliphatic heterocycles. The number of para-hydroxylation sites is 1. The van der Waals surface area contributed by atoms with Crippen LogP contribution < -0.4 is 10.2 Å². The lowest BCUT2D eigenvalue weighted by Crippen LogP contribution is -2.44. The van der Waals surface area contributed by atoms with Gasteiger partial charge in [-0.25, -0.2) is 0 Å². The highest BCUT2D eigenvalue weighted by atomic mass is 79.9. The van der Waals surface area contributed by atoms with Gasteiger partial charge in [0.05, 0.1) is 10.6 Å². The standard InChI is InChI=1S/C23H26BrN3O2S/c1-3-26(4-2)13-12-25-22(28)16-27-19-10-5-6-11-20(19)30-21(23(27)29)15-17-8-7-9-18(24)14-17/h5-11,14-15H,3-4,12-13,16H2,1-2H3,(H,25,28)/b21-15+. The molecule has 7 heteroatoms. The van der Waals surface area contributed by atoms with Crippen molar-refractivity contribution in [1.29, 1.82) is 0 Å². The second-order valence-electron chi connectivity index (χ2n) is 6.90. The summed E-state index contributed by atoms with van der Waals surface area (Å²) in [6, 6.07) is 15.5. The van der Waals surface area contributed by atoms with Gasteiger partial charge in [-0.05, 0) is 49.0 Å². The lowest BCUT2D eigenvalue weighted by molar-refractivity contribution is -0.122. The van der Waals surface area contributed by atoms with E-state index in [0.717, 1.165) is 40.3 Å². The van der Waals surface area contributed by atoms with Crippen LogP contribution in [-0.4, -0.2) is 49.4 Å². The molecule has 5 nitrogen and oxygen atoms in total. The minimum atomic E-state index is -0.155. The Balaban J connectivity index is 1.77. The molecule has 30 heavy (non-hydrogen) atoms. The molecular weight excluding hydrogens is 462 g/mol. The Labute approximate surface area is 190 Å². The van der Waals surface area contributed by atoms with Crippen molar-refractivity contribution in [2.75, 3.05) is 37.6 Å². The van der Waals surface area contributed by atoms with Crippen LogP contribution in [0.4, 0.5) is 5.69 Å². The highest BCUT2D eigenvalue weighted by Gasteiger charge is 2.30. The molecule has 0 saturated heterocycles. The zero-order valence-corrected chi connectivity index (χ0v) is 19.6. The fraction of sp³-hybridized carbons (Fsp3) is 0.304. The van der Waals surface area contributed by atoms with Gasteiger partial charge in [0.2, 0.25) is 5.91 Å². The van der Waals surface area contributed by atoms with Gasteiger partial charge < -0.3 is 10.2 Å². The van der Waals surface area contributed by atoms with E-state index in [2.05, 4.69) is 40.0 Å². The van der Waals surface area contributed by atoms with E-state index in [1.165, 1.54) is 11.8 Å². The number of likely N-dealkylation sites (N-methyl/N-ethyl adjacent to an activating group) is 1. The number of nitrogens with one attached hydrogen (secondary N) is 1. The number of anilines is 1. The summed E-state index contributed by atoms with van der Waals surface area (Å²) in [4.78, 5) is 31.2. The molecule has 1 aliphatic rings. The molecule has 2 aromatic rings. The Morgan fingerprint density at radius 2 is 1.93 bits per heavy atom. The Bertz CT molecular complexity index is 944. The smallest absolute Gasteiger partial charge is 0.265 e. The molecular formula is C23H26BrN3O2S. The van der Waals surface area contributed by atoms with E-state index >= 15 is 0 Å². The highest BCUT2D eigenvalue weighted by Crippen LogP contribution is 2.41. The maximum absolute atomic E-state index is 13.2. The van der Waals surface area contributed by atoms with E-state index < -0.39 is 0 Å². The molecule has 0 spiro atoms. The number of amides is 2. The van der Waals surface area contributed by atoms with Gasteiger partial charge in [0.1, 0.15) is 6.54 Å². The number of rotatable bonds is 8. The van der Waals surface area contributed by atoms with Crippen molar-refractivity contribution in [1.82, 2.24) is 10.2 Å². The number of fused-ring (bicyclic) bond motifs is 1. The first-order chi connectivity index (χ1) is 14.5. The number of nitrogens with zero attached hydrogens (tertiary/aromatic N) is 2. The molecule has 0 aliphatic carbocycles. The van der Waals surface area contributed by atoms with Crippen molar-refractivity contribution in [3.8, 4) is 0 Å². The number of hydrogen-bond donors (Lipinski definition) is 1. The van der Waals surface area contributed by atoms with Crippen LogP contribution >= 0.6 is 27.7 Å². The highest BCUT2D eigenvalue weighted by molar-refractivity contribution is 9.10. The van der Waals surface area contributed by atoms with Gasteiger partial charge in [0.25, 0.3) is 5.91 Å². The first-order valence-corrected chi connectivity index (χ1v) is 11.7. The van der Waals surface area contributed by atoms with Gasteiger partial charge >= 0.3 is 0 Å². The van der Waals surface area contributed by atoms with Gasteiger partial charge in [-0.1, -0.05) is 65.8 Å². The minimum absolute atomic E-state index is 0.00445. The third kappa shape index (κ3) is 5.74. The Morgan fingerprint density at radius 3 is 2.67 bits per heavy atom. The fourth-order valence-corrected chi connectivity index (χ4v) is 4.74. The van der Waals surface area contributed by atoms with Crippen LogP contribution in [0.2, 0.25) is 0 Å². The Kier molecular flexibility index (Phi) is 8.13. The normalized spacial score (nSPS) is 14.9. The van der Waals surface area contributed by atoms with Crippen LogP contribution in [0.3, 0.4) is 0 Å². The summed E-state index contributed by atoms with van der Waals surface area (Å²) in [7, 11) is 0. The first kappa shape index (κ1) is 22.6. The zero-order valence-electron chi connectivity index (χ0n) is 17.2. The van der Waals surface area contributed by atoms with Gasteiger partial charge in [-0.15, -0.1) is 0 Å². The van der Waals surface area contributed by atoms with E-state index in [9.17, 15) is 9.59 Å². The number of carbonyl (C=O) groups is 2. The summed E-state index contributed by atoms with van der Waals surface area (Å²) in [5.41, 5.74) is 1.71. The minimum Gasteiger partial charge on any atom is -0.353 e. The average molecular weight is 488 g/mol. The van der Waals surface area contributed by atoms with Crippen molar-refractivity contribution in [2.45, 2.75) is 18.7 Å². The number of carbonyl (C=O) groups excluding carboxylic acids is 2. The van der Waals surface area contributed by atoms with Crippen molar-refractivity contribution in [3.63, 3.8) is 0 Å². The predicted octanol–water partition coefficient (Wildman–Crippen LogP) is 4.39. The molecule has 0 aromatic heterocycles. The molecule has 2 aromatic carbocycles. The summed E-state index contributed by atoms with van der Waals surface area (Å²) < 4.78 is 0.954. The third-order valence-electron chi connectivity index (χ3n) is 4.92. The summed E-state index contributed by atoms with van der Waals surface area (Å²) >= 11 is 4.91. The van der Waals surface area contributed by atoms with Crippen LogP contribution in [0.1, 0.15) is 19.4 Å². The van der Waals surface area contributed by atoms with E-state index in [-0.39, 0.29) is 18.4 Å². The molecule has 0 saturated carbocycles. The lowest BCUT2D eigenvalue weighted by atomic mass is 10.2. The summed E-state index contributed by atoms with van der Waals surface area (Å²) in [6.45, 7) is 7.48. The molecule has 1 N–H and O–H groups in total. The molecule has 2 amide bonds. The van der Waals surface area contributed by atoms with E-state index in [1.54, 1.807) is 4.90 Å². The summed E-state index contributed by atoms with van der Waals surface area (Å²) in [5, 5.41) is 2.95. The predicted molar refractivity (Wildman–Crippen MR) is 128 cm³/mol. The second kappa shape index (κ2) is 10.8. The van der Waals surface area contributed by atoms with Crippen LogP contribution in [0, 0.1) is 0 Å². The van der Waals surface area contributed by atoms with Crippen molar-refractivity contribution >= 4 is 51.3 Å². The van der Waals surface area contributed by atoms with Crippen LogP contribution in [0.15, 0.2) is 62.8 Å². The molecule has 1 heterocycles. The number of thioether (sulfide) groups is 1. The zero-order chi connectivity index (χ0) is 21.5. The SMILES string of the molecule is CCN(CC)CCNC(=O)CN1C(=O)/C(=C\c2cccc(Br)c2)Sc2ccccc21. The van der Waals surface area contributed by atoms with E-state index in [4.69, 9.17) is 0 Å². The monoisotopic (exact) mass is 487 g/mol. The number of halogens is 1.